The maximum Gasteiger partial charge on any atom is 0.319 e. The molecule has 2 rings (SSSR count). The molecule has 1 unspecified atom stereocenters. The molecule has 0 saturated heterocycles. The molecule has 0 fully saturated rings. The quantitative estimate of drug-likeness (QED) is 0.842. The lowest BCUT2D eigenvalue weighted by atomic mass is 10.1. The summed E-state index contributed by atoms with van der Waals surface area (Å²) in [6.45, 7) is 4.59. The van der Waals surface area contributed by atoms with E-state index >= 15 is 0 Å². The molecule has 0 aliphatic carbocycles. The zero-order chi connectivity index (χ0) is 17.7. The van der Waals surface area contributed by atoms with Crippen LogP contribution in [0.25, 0.3) is 0 Å². The van der Waals surface area contributed by atoms with Gasteiger partial charge in [0, 0.05) is 52.5 Å². The van der Waals surface area contributed by atoms with Crippen molar-refractivity contribution < 1.29 is 9.00 Å². The molecular weight excluding hydrogens is 324 g/mol. The Balaban J connectivity index is 1.99. The van der Waals surface area contributed by atoms with E-state index < -0.39 is 10.8 Å². The number of aromatic nitrogens is 2. The smallest absolute Gasteiger partial charge is 0.319 e. The molecule has 24 heavy (non-hydrogen) atoms. The third-order valence-corrected chi connectivity index (χ3v) is 4.83. The number of carbonyl (C=O) groups is 1. The number of aryl methyl sites for hydroxylation is 2. The molecule has 0 bridgehead atoms. The predicted octanol–water partition coefficient (Wildman–Crippen LogP) is 2.60. The molecule has 1 aromatic carbocycles. The van der Waals surface area contributed by atoms with Crippen molar-refractivity contribution in [2.75, 3.05) is 11.6 Å². The second-order valence-electron chi connectivity index (χ2n) is 5.49. The standard InChI is InChI=1S/C17H24N4O2S/c1-5-15-14(16(6-2)21(3)20-15)11-18-17(22)19-12-7-9-13(10-8-12)24(4)23/h7-10H,5-6,11H2,1-4H3,(H2,18,19,22). The molecule has 0 spiro atoms. The number of benzene rings is 1. The Hall–Kier alpha value is -2.15. The van der Waals surface area contributed by atoms with E-state index in [-0.39, 0.29) is 6.03 Å². The summed E-state index contributed by atoms with van der Waals surface area (Å²) >= 11 is 0. The Morgan fingerprint density at radius 2 is 1.88 bits per heavy atom. The van der Waals surface area contributed by atoms with Crippen molar-refractivity contribution in [3.8, 4) is 0 Å². The Kier molecular flexibility index (Phi) is 6.14. The molecule has 7 heteroatoms. The Morgan fingerprint density at radius 3 is 2.42 bits per heavy atom. The van der Waals surface area contributed by atoms with E-state index in [1.807, 2.05) is 11.7 Å². The zero-order valence-electron chi connectivity index (χ0n) is 14.5. The molecule has 1 atom stereocenters. The molecule has 0 radical (unpaired) electrons. The van der Waals surface area contributed by atoms with Gasteiger partial charge in [0.1, 0.15) is 0 Å². The van der Waals surface area contributed by atoms with Gasteiger partial charge in [0.15, 0.2) is 0 Å². The van der Waals surface area contributed by atoms with Gasteiger partial charge in [-0.25, -0.2) is 4.79 Å². The first kappa shape index (κ1) is 18.2. The Labute approximate surface area is 145 Å². The van der Waals surface area contributed by atoms with Crippen LogP contribution in [0.2, 0.25) is 0 Å². The van der Waals surface area contributed by atoms with Crippen LogP contribution in [-0.4, -0.2) is 26.3 Å². The lowest BCUT2D eigenvalue weighted by Gasteiger charge is -2.09. The fourth-order valence-corrected chi connectivity index (χ4v) is 3.19. The highest BCUT2D eigenvalue weighted by Crippen LogP contribution is 2.15. The number of hydrogen-bond donors (Lipinski definition) is 2. The highest BCUT2D eigenvalue weighted by Gasteiger charge is 2.14. The summed E-state index contributed by atoms with van der Waals surface area (Å²) < 4.78 is 13.3. The van der Waals surface area contributed by atoms with Crippen LogP contribution in [0.5, 0.6) is 0 Å². The third-order valence-electron chi connectivity index (χ3n) is 3.90. The van der Waals surface area contributed by atoms with Crippen molar-refractivity contribution >= 4 is 22.5 Å². The number of urea groups is 1. The topological polar surface area (TPSA) is 76.0 Å². The summed E-state index contributed by atoms with van der Waals surface area (Å²) in [7, 11) is 0.910. The fourth-order valence-electron chi connectivity index (χ4n) is 2.67. The number of nitrogens with zero attached hydrogens (tertiary/aromatic N) is 2. The summed E-state index contributed by atoms with van der Waals surface area (Å²) in [5, 5.41) is 10.2. The predicted molar refractivity (Wildman–Crippen MR) is 96.6 cm³/mol. The summed E-state index contributed by atoms with van der Waals surface area (Å²) in [6, 6.07) is 6.72. The van der Waals surface area contributed by atoms with Gasteiger partial charge in [0.25, 0.3) is 0 Å². The average Bonchev–Trinajstić information content (AvgIpc) is 2.88. The molecule has 0 saturated carbocycles. The van der Waals surface area contributed by atoms with E-state index in [4.69, 9.17) is 0 Å². The highest BCUT2D eigenvalue weighted by atomic mass is 32.2. The van der Waals surface area contributed by atoms with Gasteiger partial charge in [-0.15, -0.1) is 0 Å². The minimum atomic E-state index is -1.02. The largest absolute Gasteiger partial charge is 0.334 e. The molecule has 6 nitrogen and oxygen atoms in total. The molecular formula is C17H24N4O2S. The lowest BCUT2D eigenvalue weighted by molar-refractivity contribution is 0.251. The van der Waals surface area contributed by atoms with Crippen LogP contribution in [0, 0.1) is 0 Å². The summed E-state index contributed by atoms with van der Waals surface area (Å²) in [4.78, 5) is 12.8. The van der Waals surface area contributed by atoms with Gasteiger partial charge in [-0.2, -0.15) is 5.10 Å². The molecule has 2 aromatic rings. The van der Waals surface area contributed by atoms with Crippen LogP contribution >= 0.6 is 0 Å². The molecule has 0 aliphatic rings. The van der Waals surface area contributed by atoms with Gasteiger partial charge < -0.3 is 10.6 Å². The highest BCUT2D eigenvalue weighted by molar-refractivity contribution is 7.84. The monoisotopic (exact) mass is 348 g/mol. The van der Waals surface area contributed by atoms with Crippen molar-refractivity contribution in [1.82, 2.24) is 15.1 Å². The van der Waals surface area contributed by atoms with E-state index in [0.29, 0.717) is 12.2 Å². The Morgan fingerprint density at radius 1 is 1.21 bits per heavy atom. The molecule has 1 heterocycles. The number of nitrogens with one attached hydrogen (secondary N) is 2. The van der Waals surface area contributed by atoms with Gasteiger partial charge in [0.2, 0.25) is 0 Å². The van der Waals surface area contributed by atoms with Gasteiger partial charge in [-0.05, 0) is 37.1 Å². The SMILES string of the molecule is CCc1nn(C)c(CC)c1CNC(=O)Nc1ccc(S(C)=O)cc1. The summed E-state index contributed by atoms with van der Waals surface area (Å²) in [5.41, 5.74) is 3.92. The molecule has 2 N–H and O–H groups in total. The number of carbonyl (C=O) groups excluding carboxylic acids is 1. The normalized spacial score (nSPS) is 12.0. The van der Waals surface area contributed by atoms with Gasteiger partial charge in [0.05, 0.1) is 5.69 Å². The van der Waals surface area contributed by atoms with Crippen LogP contribution in [0.15, 0.2) is 29.2 Å². The average molecular weight is 348 g/mol. The molecule has 2 amide bonds. The van der Waals surface area contributed by atoms with Crippen molar-refractivity contribution in [3.05, 3.63) is 41.2 Å². The molecule has 0 aliphatic heterocycles. The van der Waals surface area contributed by atoms with Crippen LogP contribution in [0.4, 0.5) is 10.5 Å². The van der Waals surface area contributed by atoms with Crippen LogP contribution < -0.4 is 10.6 Å². The second kappa shape index (κ2) is 8.10. The number of amides is 2. The summed E-state index contributed by atoms with van der Waals surface area (Å²) in [6.07, 6.45) is 3.33. The number of anilines is 1. The first-order valence-corrected chi connectivity index (χ1v) is 9.54. The van der Waals surface area contributed by atoms with Crippen molar-refractivity contribution in [1.29, 1.82) is 0 Å². The minimum absolute atomic E-state index is 0.270. The maximum absolute atomic E-state index is 12.1. The maximum atomic E-state index is 12.1. The van der Waals surface area contributed by atoms with E-state index in [0.717, 1.165) is 34.7 Å². The third kappa shape index (κ3) is 4.23. The van der Waals surface area contributed by atoms with E-state index in [1.165, 1.54) is 0 Å². The molecule has 130 valence electrons. The van der Waals surface area contributed by atoms with Crippen LogP contribution in [-0.2, 0) is 37.2 Å². The van der Waals surface area contributed by atoms with E-state index in [9.17, 15) is 9.00 Å². The fraction of sp³-hybridized carbons (Fsp3) is 0.412. The van der Waals surface area contributed by atoms with Gasteiger partial charge >= 0.3 is 6.03 Å². The number of hydrogen-bond acceptors (Lipinski definition) is 3. The van der Waals surface area contributed by atoms with Crippen molar-refractivity contribution in [2.24, 2.45) is 7.05 Å². The summed E-state index contributed by atoms with van der Waals surface area (Å²) in [5.74, 6) is 0. The van der Waals surface area contributed by atoms with Crippen molar-refractivity contribution in [3.63, 3.8) is 0 Å². The Bertz CT molecular complexity index is 738. The van der Waals surface area contributed by atoms with Crippen LogP contribution in [0.1, 0.15) is 30.8 Å². The van der Waals surface area contributed by atoms with E-state index in [1.54, 1.807) is 30.5 Å². The van der Waals surface area contributed by atoms with E-state index in [2.05, 4.69) is 29.6 Å². The van der Waals surface area contributed by atoms with Crippen LogP contribution in [0.3, 0.4) is 0 Å². The van der Waals surface area contributed by atoms with Gasteiger partial charge in [-0.3, -0.25) is 8.89 Å². The molecule has 1 aromatic heterocycles. The lowest BCUT2D eigenvalue weighted by Crippen LogP contribution is -2.28. The zero-order valence-corrected chi connectivity index (χ0v) is 15.4. The second-order valence-corrected chi connectivity index (χ2v) is 6.87. The van der Waals surface area contributed by atoms with Crippen molar-refractivity contribution in [2.45, 2.75) is 38.1 Å². The number of rotatable bonds is 6. The minimum Gasteiger partial charge on any atom is -0.334 e. The first-order valence-electron chi connectivity index (χ1n) is 7.98. The van der Waals surface area contributed by atoms with Gasteiger partial charge in [-0.1, -0.05) is 13.8 Å². The first-order chi connectivity index (χ1) is 11.5.